The van der Waals surface area contributed by atoms with Crippen LogP contribution in [0, 0.1) is 29.9 Å². The predicted molar refractivity (Wildman–Crippen MR) is 157 cm³/mol. The number of likely N-dealkylation sites (tertiary alicyclic amines) is 2. The van der Waals surface area contributed by atoms with Crippen molar-refractivity contribution >= 4 is 17.9 Å². The van der Waals surface area contributed by atoms with Gasteiger partial charge in [-0.05, 0) is 45.0 Å². The second-order valence-corrected chi connectivity index (χ2v) is 10.9. The van der Waals surface area contributed by atoms with E-state index in [0.29, 0.717) is 13.0 Å². The third-order valence-electron chi connectivity index (χ3n) is 8.10. The zero-order chi connectivity index (χ0) is 31.8. The van der Waals surface area contributed by atoms with E-state index >= 15 is 0 Å². The van der Waals surface area contributed by atoms with Gasteiger partial charge >= 0.3 is 6.09 Å². The van der Waals surface area contributed by atoms with Crippen molar-refractivity contribution in [1.82, 2.24) is 20.4 Å². The van der Waals surface area contributed by atoms with Gasteiger partial charge in [0.2, 0.25) is 11.8 Å². The van der Waals surface area contributed by atoms with Crippen LogP contribution >= 0.6 is 0 Å². The van der Waals surface area contributed by atoms with Crippen molar-refractivity contribution in [3.63, 3.8) is 0 Å². The van der Waals surface area contributed by atoms with E-state index in [1.165, 1.54) is 6.07 Å². The van der Waals surface area contributed by atoms with Crippen molar-refractivity contribution in [2.45, 2.75) is 57.1 Å². The number of rotatable bonds is 12. The first-order valence-corrected chi connectivity index (χ1v) is 14.5. The number of carbonyl (C=O) groups is 3. The molecule has 4 rings (SSSR count). The minimum atomic E-state index is -1.06. The molecule has 6 atom stereocenters. The molecule has 0 bridgehead atoms. The van der Waals surface area contributed by atoms with E-state index in [2.05, 4.69) is 16.6 Å². The van der Waals surface area contributed by atoms with E-state index in [9.17, 15) is 23.2 Å². The third kappa shape index (κ3) is 7.65. The molecule has 10 nitrogen and oxygen atoms in total. The quantitative estimate of drug-likeness (QED) is 0.355. The van der Waals surface area contributed by atoms with E-state index in [-0.39, 0.29) is 32.1 Å². The smallest absolute Gasteiger partial charge is 0.410 e. The lowest BCUT2D eigenvalue weighted by Crippen LogP contribution is -2.59. The Morgan fingerprint density at radius 3 is 2.52 bits per heavy atom. The van der Waals surface area contributed by atoms with E-state index in [1.807, 2.05) is 30.3 Å². The molecule has 3 amide bonds. The van der Waals surface area contributed by atoms with Crippen LogP contribution in [0.25, 0.3) is 0 Å². The number of terminal acetylenes is 1. The van der Waals surface area contributed by atoms with Gasteiger partial charge in [-0.15, -0.1) is 6.42 Å². The summed E-state index contributed by atoms with van der Waals surface area (Å²) in [4.78, 5) is 43.5. The fraction of sp³-hybridized carbons (Fsp3) is 0.469. The average molecular weight is 613 g/mol. The summed E-state index contributed by atoms with van der Waals surface area (Å²) in [6, 6.07) is 9.97. The minimum absolute atomic E-state index is 0.00937. The maximum absolute atomic E-state index is 14.1. The van der Waals surface area contributed by atoms with Crippen molar-refractivity contribution in [2.75, 3.05) is 33.4 Å². The number of benzene rings is 2. The van der Waals surface area contributed by atoms with Crippen LogP contribution in [0.1, 0.15) is 25.8 Å². The molecule has 2 aromatic rings. The van der Waals surface area contributed by atoms with Gasteiger partial charge in [0.15, 0.2) is 11.6 Å². The Balaban J connectivity index is 1.57. The van der Waals surface area contributed by atoms with E-state index in [0.717, 1.165) is 17.7 Å². The summed E-state index contributed by atoms with van der Waals surface area (Å²) < 4.78 is 44.5. The van der Waals surface area contributed by atoms with Gasteiger partial charge in [0.05, 0.1) is 30.8 Å². The summed E-state index contributed by atoms with van der Waals surface area (Å²) >= 11 is 0. The van der Waals surface area contributed by atoms with Crippen molar-refractivity contribution in [2.24, 2.45) is 5.92 Å². The molecule has 2 N–H and O–H groups in total. The number of halogens is 2. The Morgan fingerprint density at radius 1 is 1.09 bits per heavy atom. The van der Waals surface area contributed by atoms with Gasteiger partial charge in [-0.2, -0.15) is 0 Å². The molecule has 0 spiro atoms. The molecule has 0 aromatic heterocycles. The van der Waals surface area contributed by atoms with Crippen LogP contribution in [-0.4, -0.2) is 91.3 Å². The van der Waals surface area contributed by atoms with E-state index in [1.54, 1.807) is 30.7 Å². The highest BCUT2D eigenvalue weighted by molar-refractivity contribution is 5.90. The highest BCUT2D eigenvalue weighted by atomic mass is 19.2. The van der Waals surface area contributed by atoms with Gasteiger partial charge in [0.25, 0.3) is 0 Å². The average Bonchev–Trinajstić information content (AvgIpc) is 3.62. The molecule has 2 fully saturated rings. The molecule has 2 heterocycles. The Labute approximate surface area is 256 Å². The number of fused-ring (bicyclic) bond motifs is 1. The van der Waals surface area contributed by atoms with Crippen LogP contribution in [0.2, 0.25) is 0 Å². The summed E-state index contributed by atoms with van der Waals surface area (Å²) in [5, 5.41) is 5.64. The Morgan fingerprint density at radius 2 is 1.84 bits per heavy atom. The fourth-order valence-corrected chi connectivity index (χ4v) is 5.64. The van der Waals surface area contributed by atoms with Crippen LogP contribution in [0.15, 0.2) is 48.5 Å². The van der Waals surface area contributed by atoms with Gasteiger partial charge in [-0.3, -0.25) is 9.59 Å². The monoisotopic (exact) mass is 612 g/mol. The van der Waals surface area contributed by atoms with E-state index in [4.69, 9.17) is 20.6 Å². The molecule has 12 heteroatoms. The van der Waals surface area contributed by atoms with Gasteiger partial charge in [-0.25, -0.2) is 13.6 Å². The van der Waals surface area contributed by atoms with Gasteiger partial charge in [-0.1, -0.05) is 36.3 Å². The number of nitrogens with zero attached hydrogens (tertiary/aromatic N) is 2. The summed E-state index contributed by atoms with van der Waals surface area (Å²) in [6.07, 6.45) is 4.54. The molecule has 2 aliphatic heterocycles. The van der Waals surface area contributed by atoms with Crippen molar-refractivity contribution in [3.8, 4) is 18.1 Å². The molecule has 2 aromatic carbocycles. The topological polar surface area (TPSA) is 109 Å². The van der Waals surface area contributed by atoms with Gasteiger partial charge < -0.3 is 34.6 Å². The Bertz CT molecular complexity index is 1360. The Kier molecular flexibility index (Phi) is 11.1. The largest absolute Gasteiger partial charge is 0.493 e. The zero-order valence-electron chi connectivity index (χ0n) is 25.0. The lowest BCUT2D eigenvalue weighted by atomic mass is 9.99. The SMILES string of the molecule is C#CCO[C@H](C)[C@H](NC(=O)[C@H](C)NC)C(=O)N1CC[C@@H]2[C@H]1[C@@H](COc1ccc(F)c(F)c1)CN2C(=O)OCc1ccccc1. The number of likely N-dealkylation sites (N-methyl/N-ethyl adjacent to an activating group) is 1. The molecule has 236 valence electrons. The van der Waals surface area contributed by atoms with Crippen LogP contribution in [0.5, 0.6) is 5.75 Å². The number of hydrogen-bond donors (Lipinski definition) is 2. The molecule has 2 aliphatic rings. The van der Waals surface area contributed by atoms with Crippen LogP contribution < -0.4 is 15.4 Å². The third-order valence-corrected chi connectivity index (χ3v) is 8.10. The van der Waals surface area contributed by atoms with Crippen LogP contribution in [0.3, 0.4) is 0 Å². The number of carbonyl (C=O) groups excluding carboxylic acids is 3. The molecule has 0 saturated carbocycles. The highest BCUT2D eigenvalue weighted by Crippen LogP contribution is 2.37. The van der Waals surface area contributed by atoms with Crippen molar-refractivity contribution < 1.29 is 37.4 Å². The normalized spacial score (nSPS) is 21.1. The first-order valence-electron chi connectivity index (χ1n) is 14.5. The van der Waals surface area contributed by atoms with E-state index < -0.39 is 65.7 Å². The predicted octanol–water partition coefficient (Wildman–Crippen LogP) is 2.71. The number of ether oxygens (including phenoxy) is 3. The lowest BCUT2D eigenvalue weighted by molar-refractivity contribution is -0.142. The molecular weight excluding hydrogens is 574 g/mol. The van der Waals surface area contributed by atoms with Gasteiger partial charge in [0, 0.05) is 25.1 Å². The van der Waals surface area contributed by atoms with Crippen LogP contribution in [0.4, 0.5) is 13.6 Å². The lowest BCUT2D eigenvalue weighted by Gasteiger charge is -2.34. The molecule has 0 radical (unpaired) electrons. The number of hydrogen-bond acceptors (Lipinski definition) is 7. The number of nitrogens with one attached hydrogen (secondary N) is 2. The van der Waals surface area contributed by atoms with Crippen LogP contribution in [-0.2, 0) is 25.7 Å². The maximum Gasteiger partial charge on any atom is 0.410 e. The Hall–Kier alpha value is -4.21. The molecular formula is C32H38F2N4O6. The standard InChI is InChI=1S/C32H38F2N4O6/c1-5-15-42-21(3)28(36-30(39)20(2)35-4)31(40)37-14-13-27-29(37)23(19-43-24-11-12-25(33)26(34)16-24)17-38(27)32(41)44-18-22-9-7-6-8-10-22/h1,6-12,16,20-21,23,27-29,35H,13-15,17-19H2,2-4H3,(H,36,39)/t20-,21+,23+,27+,28-,29+/m0/s1. The summed E-state index contributed by atoms with van der Waals surface area (Å²) in [7, 11) is 1.63. The fourth-order valence-electron chi connectivity index (χ4n) is 5.64. The first-order chi connectivity index (χ1) is 21.1. The van der Waals surface area contributed by atoms with Gasteiger partial charge in [0.1, 0.15) is 25.0 Å². The second-order valence-electron chi connectivity index (χ2n) is 10.9. The summed E-state index contributed by atoms with van der Waals surface area (Å²) in [5.74, 6) is -0.749. The second kappa shape index (κ2) is 15.0. The molecule has 0 aliphatic carbocycles. The molecule has 2 saturated heterocycles. The highest BCUT2D eigenvalue weighted by Gasteiger charge is 2.53. The maximum atomic E-state index is 14.1. The summed E-state index contributed by atoms with van der Waals surface area (Å²) in [6.45, 7) is 3.85. The minimum Gasteiger partial charge on any atom is -0.493 e. The number of amides is 3. The zero-order valence-corrected chi connectivity index (χ0v) is 25.0. The molecule has 0 unspecified atom stereocenters. The van der Waals surface area contributed by atoms with Crippen molar-refractivity contribution in [3.05, 3.63) is 65.7 Å². The first kappa shape index (κ1) is 32.7. The van der Waals surface area contributed by atoms with Crippen molar-refractivity contribution in [1.29, 1.82) is 0 Å². The summed E-state index contributed by atoms with van der Waals surface area (Å²) in [5.41, 5.74) is 0.827. The molecule has 44 heavy (non-hydrogen) atoms.